The number of hydrogen-bond acceptors (Lipinski definition) is 6. The molecule has 0 saturated carbocycles. The average molecular weight is 481 g/mol. The first-order chi connectivity index (χ1) is 8.81. The van der Waals surface area contributed by atoms with E-state index < -0.39 is 0 Å². The third kappa shape index (κ3) is 3.23. The van der Waals surface area contributed by atoms with E-state index in [4.69, 9.17) is 0 Å². The van der Waals surface area contributed by atoms with Gasteiger partial charge in [-0.15, -0.1) is 0 Å². The Bertz CT molecular complexity index is 405. The van der Waals surface area contributed by atoms with Gasteiger partial charge < -0.3 is 0 Å². The Morgan fingerprint density at radius 3 is 1.67 bits per heavy atom. The summed E-state index contributed by atoms with van der Waals surface area (Å²) in [4.78, 5) is 0. The van der Waals surface area contributed by atoms with Crippen molar-refractivity contribution >= 4 is 100 Å². The van der Waals surface area contributed by atoms with Crippen LogP contribution in [0, 0.1) is 0 Å². The van der Waals surface area contributed by atoms with Crippen LogP contribution in [0.25, 0.3) is 0 Å². The molecule has 0 aromatic carbocycles. The Kier molecular flexibility index (Phi) is 6.00. The van der Waals surface area contributed by atoms with Crippen LogP contribution in [0.2, 0.25) is 10.6 Å². The van der Waals surface area contributed by atoms with Crippen molar-refractivity contribution in [1.29, 1.82) is 0 Å². The van der Waals surface area contributed by atoms with E-state index in [0.29, 0.717) is 0 Å². The summed E-state index contributed by atoms with van der Waals surface area (Å²) >= 11 is 13.5. The molecule has 0 spiro atoms. The fraction of sp³-hybridized carbons (Fsp3) is 0.400. The van der Waals surface area contributed by atoms with Crippen molar-refractivity contribution < 1.29 is 0 Å². The topological polar surface area (TPSA) is 0 Å². The maximum atomic E-state index is 2.19. The summed E-state index contributed by atoms with van der Waals surface area (Å²) in [5.41, 5.74) is 0. The molecule has 3 aliphatic rings. The Labute approximate surface area is 146 Å². The van der Waals surface area contributed by atoms with E-state index in [1.807, 2.05) is 47.0 Å². The molecular weight excluding hydrogens is 470 g/mol. The zero-order valence-corrected chi connectivity index (χ0v) is 18.0. The van der Waals surface area contributed by atoms with E-state index in [0.717, 1.165) is 29.9 Å². The average Bonchev–Trinajstić information content (AvgIpc) is 3.01. The molecule has 98 valence electrons. The van der Waals surface area contributed by atoms with E-state index in [1.54, 1.807) is 16.1 Å². The molecule has 0 N–H and O–H groups in total. The third-order valence-corrected chi connectivity index (χ3v) is 18.6. The van der Waals surface area contributed by atoms with Gasteiger partial charge in [0.1, 0.15) is 0 Å². The van der Waals surface area contributed by atoms with Crippen LogP contribution in [0.3, 0.4) is 0 Å². The monoisotopic (exact) mass is 482 g/mol. The van der Waals surface area contributed by atoms with Gasteiger partial charge in [0.05, 0.1) is 0 Å². The molecule has 0 saturated heterocycles. The predicted molar refractivity (Wildman–Crippen MR) is 99.6 cm³/mol. The SMILES string of the molecule is CSC1=C(SC)SC(=C2SC3=C(S2)[Se]CC[Se]3)S1. The second-order valence-electron chi connectivity index (χ2n) is 3.24. The van der Waals surface area contributed by atoms with E-state index in [1.165, 1.54) is 19.1 Å². The van der Waals surface area contributed by atoms with Crippen LogP contribution < -0.4 is 0 Å². The van der Waals surface area contributed by atoms with Gasteiger partial charge in [-0.05, 0) is 0 Å². The molecule has 0 aromatic heterocycles. The molecule has 0 radical (unpaired) electrons. The number of thioether (sulfide) groups is 6. The van der Waals surface area contributed by atoms with Gasteiger partial charge in [-0.25, -0.2) is 0 Å². The summed E-state index contributed by atoms with van der Waals surface area (Å²) in [5.74, 6) is 0. The van der Waals surface area contributed by atoms with Crippen LogP contribution in [-0.2, 0) is 0 Å². The van der Waals surface area contributed by atoms with E-state index in [2.05, 4.69) is 36.0 Å². The zero-order chi connectivity index (χ0) is 12.5. The van der Waals surface area contributed by atoms with Crippen molar-refractivity contribution in [1.82, 2.24) is 0 Å². The molecule has 0 nitrogen and oxygen atoms in total. The van der Waals surface area contributed by atoms with E-state index in [-0.39, 0.29) is 0 Å². The quantitative estimate of drug-likeness (QED) is 0.488. The molecule has 0 atom stereocenters. The maximum absolute atomic E-state index is 2.19. The molecule has 8 heteroatoms. The van der Waals surface area contributed by atoms with Crippen LogP contribution in [0.4, 0.5) is 0 Å². The summed E-state index contributed by atoms with van der Waals surface area (Å²) in [6.07, 6.45) is 4.38. The summed E-state index contributed by atoms with van der Waals surface area (Å²) < 4.78 is 9.63. The van der Waals surface area contributed by atoms with E-state index >= 15 is 0 Å². The Balaban J connectivity index is 1.76. The van der Waals surface area contributed by atoms with Crippen LogP contribution in [0.5, 0.6) is 0 Å². The normalized spacial score (nSPS) is 24.3. The predicted octanol–water partition coefficient (Wildman–Crippen LogP) is 5.31. The van der Waals surface area contributed by atoms with Crippen molar-refractivity contribution in [3.8, 4) is 0 Å². The van der Waals surface area contributed by atoms with Crippen molar-refractivity contribution in [3.63, 3.8) is 0 Å². The zero-order valence-electron chi connectivity index (χ0n) is 9.68. The number of rotatable bonds is 2. The molecular formula is C10H10S6Se2. The minimum absolute atomic E-state index is 0.779. The van der Waals surface area contributed by atoms with Gasteiger partial charge in [-0.3, -0.25) is 0 Å². The van der Waals surface area contributed by atoms with Crippen molar-refractivity contribution in [3.05, 3.63) is 24.6 Å². The van der Waals surface area contributed by atoms with Crippen molar-refractivity contribution in [2.24, 2.45) is 0 Å². The fourth-order valence-corrected chi connectivity index (χ4v) is 18.0. The molecule has 3 rings (SSSR count). The summed E-state index contributed by atoms with van der Waals surface area (Å²) in [6, 6.07) is 0. The molecule has 0 aromatic rings. The van der Waals surface area contributed by atoms with Gasteiger partial charge in [0.25, 0.3) is 0 Å². The molecule has 0 fully saturated rings. The van der Waals surface area contributed by atoms with Crippen molar-refractivity contribution in [2.45, 2.75) is 10.6 Å². The standard InChI is InChI=1S/C10H10S6Se2/c1-11-5-6(12-2)14-7(13-5)8-15-9-10(16-8)18-4-3-17-9/h3-4H2,1-2H3. The molecule has 3 heterocycles. The van der Waals surface area contributed by atoms with Gasteiger partial charge in [0, 0.05) is 0 Å². The molecule has 0 bridgehead atoms. The second-order valence-corrected chi connectivity index (χ2v) is 15.8. The summed E-state index contributed by atoms with van der Waals surface area (Å²) in [6.45, 7) is 0. The van der Waals surface area contributed by atoms with Crippen LogP contribution in [-0.4, -0.2) is 42.4 Å². The summed E-state index contributed by atoms with van der Waals surface area (Å²) in [7, 11) is 0. The molecule has 3 aliphatic heterocycles. The van der Waals surface area contributed by atoms with Gasteiger partial charge >= 0.3 is 148 Å². The van der Waals surface area contributed by atoms with Gasteiger partial charge in [-0.2, -0.15) is 0 Å². The second kappa shape index (κ2) is 7.08. The first-order valence-electron chi connectivity index (χ1n) is 5.09. The minimum atomic E-state index is 0.779. The van der Waals surface area contributed by atoms with E-state index in [9.17, 15) is 0 Å². The van der Waals surface area contributed by atoms with Crippen LogP contribution >= 0.6 is 70.6 Å². The molecule has 0 aliphatic carbocycles. The number of hydrogen-bond donors (Lipinski definition) is 0. The van der Waals surface area contributed by atoms with Crippen LogP contribution in [0.1, 0.15) is 0 Å². The van der Waals surface area contributed by atoms with Crippen LogP contribution in [0.15, 0.2) is 24.6 Å². The van der Waals surface area contributed by atoms with Crippen molar-refractivity contribution in [2.75, 3.05) is 12.5 Å². The fourth-order valence-electron chi connectivity index (χ4n) is 1.41. The first kappa shape index (κ1) is 15.3. The van der Waals surface area contributed by atoms with Gasteiger partial charge in [0.2, 0.25) is 0 Å². The van der Waals surface area contributed by atoms with Gasteiger partial charge in [0.15, 0.2) is 0 Å². The van der Waals surface area contributed by atoms with Gasteiger partial charge in [-0.1, -0.05) is 0 Å². The molecule has 0 amide bonds. The molecule has 18 heavy (non-hydrogen) atoms. The Morgan fingerprint density at radius 1 is 0.778 bits per heavy atom. The Hall–Kier alpha value is 2.36. The Morgan fingerprint density at radius 2 is 1.22 bits per heavy atom. The molecule has 0 unspecified atom stereocenters. The first-order valence-corrected chi connectivity index (χ1v) is 14.9. The summed E-state index contributed by atoms with van der Waals surface area (Å²) in [5, 5.41) is 2.96. The third-order valence-electron chi connectivity index (χ3n) is 2.16.